The molecule has 0 amide bonds. The van der Waals surface area contributed by atoms with Gasteiger partial charge in [-0.2, -0.15) is 5.10 Å². The van der Waals surface area contributed by atoms with Crippen LogP contribution in [0.1, 0.15) is 36.1 Å². The fraction of sp³-hybridized carbons (Fsp3) is 0.556. The molecule has 0 saturated heterocycles. The van der Waals surface area contributed by atoms with Crippen molar-refractivity contribution in [3.8, 4) is 0 Å². The third kappa shape index (κ3) is 1.39. The highest BCUT2D eigenvalue weighted by Gasteiger charge is 2.32. The van der Waals surface area contributed by atoms with E-state index in [1.165, 1.54) is 0 Å². The summed E-state index contributed by atoms with van der Waals surface area (Å²) in [7, 11) is 1.83. The van der Waals surface area contributed by atoms with Gasteiger partial charge in [0.25, 0.3) is 0 Å². The van der Waals surface area contributed by atoms with Gasteiger partial charge in [-0.25, -0.2) is 0 Å². The predicted molar refractivity (Wildman–Crippen MR) is 49.7 cm³/mol. The summed E-state index contributed by atoms with van der Waals surface area (Å²) in [4.78, 5) is 10.7. The Morgan fingerprint density at radius 3 is 2.93 bits per heavy atom. The maximum absolute atomic E-state index is 10.7. The molecule has 1 aliphatic rings. The summed E-state index contributed by atoms with van der Waals surface area (Å²) in [6.07, 6.45) is 3.78. The van der Waals surface area contributed by atoms with Crippen LogP contribution >= 0.6 is 0 Å². The molecule has 1 aromatic rings. The highest BCUT2D eigenvalue weighted by atomic mass is 16.4. The Hall–Kier alpha value is -1.36. The molecule has 1 unspecified atom stereocenters. The topological polar surface area (TPSA) is 81.1 Å². The number of nitrogens with zero attached hydrogens (tertiary/aromatic N) is 2. The quantitative estimate of drug-likeness (QED) is 0.730. The van der Waals surface area contributed by atoms with Gasteiger partial charge in [-0.15, -0.1) is 0 Å². The van der Waals surface area contributed by atoms with E-state index in [-0.39, 0.29) is 0 Å². The lowest BCUT2D eigenvalue weighted by Crippen LogP contribution is -2.21. The number of nitrogens with two attached hydrogens (primary N) is 1. The number of aromatic nitrogens is 2. The van der Waals surface area contributed by atoms with E-state index in [1.807, 2.05) is 7.05 Å². The van der Waals surface area contributed by atoms with Crippen LogP contribution in [-0.2, 0) is 11.8 Å². The molecule has 1 aromatic heterocycles. The first-order valence-corrected chi connectivity index (χ1v) is 4.61. The maximum atomic E-state index is 10.7. The van der Waals surface area contributed by atoms with E-state index in [1.54, 1.807) is 10.9 Å². The lowest BCUT2D eigenvalue weighted by atomic mass is 10.1. The minimum atomic E-state index is -1.00. The van der Waals surface area contributed by atoms with E-state index >= 15 is 0 Å². The van der Waals surface area contributed by atoms with E-state index in [0.717, 1.165) is 18.5 Å². The van der Waals surface area contributed by atoms with Crippen LogP contribution in [-0.4, -0.2) is 20.9 Å². The van der Waals surface area contributed by atoms with Crippen LogP contribution in [0, 0.1) is 0 Å². The highest BCUT2D eigenvalue weighted by Crippen LogP contribution is 2.42. The molecule has 0 aromatic carbocycles. The van der Waals surface area contributed by atoms with Crippen molar-refractivity contribution in [1.82, 2.24) is 9.78 Å². The molecular weight excluding hydrogens is 182 g/mol. The molecule has 14 heavy (non-hydrogen) atoms. The van der Waals surface area contributed by atoms with E-state index in [2.05, 4.69) is 5.10 Å². The molecular formula is C9H13N3O2. The van der Waals surface area contributed by atoms with Crippen molar-refractivity contribution >= 4 is 5.97 Å². The van der Waals surface area contributed by atoms with Crippen LogP contribution in [0.2, 0.25) is 0 Å². The molecule has 0 bridgehead atoms. The Morgan fingerprint density at radius 2 is 2.43 bits per heavy atom. The average molecular weight is 195 g/mol. The third-order valence-electron chi connectivity index (χ3n) is 2.58. The van der Waals surface area contributed by atoms with Crippen molar-refractivity contribution in [1.29, 1.82) is 0 Å². The fourth-order valence-corrected chi connectivity index (χ4v) is 1.69. The van der Waals surface area contributed by atoms with Gasteiger partial charge in [0, 0.05) is 24.2 Å². The van der Waals surface area contributed by atoms with E-state index in [0.29, 0.717) is 11.5 Å². The summed E-state index contributed by atoms with van der Waals surface area (Å²) < 4.78 is 1.73. The predicted octanol–water partition coefficient (Wildman–Crippen LogP) is 0.382. The number of aliphatic carboxylic acids is 1. The van der Waals surface area contributed by atoms with Gasteiger partial charge in [-0.05, 0) is 12.8 Å². The minimum absolute atomic E-state index is 0.461. The number of hydrogen-bond acceptors (Lipinski definition) is 3. The first-order valence-electron chi connectivity index (χ1n) is 4.61. The third-order valence-corrected chi connectivity index (χ3v) is 2.58. The largest absolute Gasteiger partial charge is 0.480 e. The summed E-state index contributed by atoms with van der Waals surface area (Å²) in [6, 6.07) is -0.945. The van der Waals surface area contributed by atoms with Crippen LogP contribution in [0.25, 0.3) is 0 Å². The molecule has 5 nitrogen and oxygen atoms in total. The molecule has 3 N–H and O–H groups in total. The van der Waals surface area contributed by atoms with Gasteiger partial charge < -0.3 is 10.8 Å². The standard InChI is InChI=1S/C9H13N3O2/c1-12-8(5-2-3-5)6(4-11-12)7(10)9(13)14/h4-5,7H,2-3,10H2,1H3,(H,13,14). The summed E-state index contributed by atoms with van der Waals surface area (Å²) in [6.45, 7) is 0. The van der Waals surface area contributed by atoms with Crippen LogP contribution in [0.3, 0.4) is 0 Å². The lowest BCUT2D eigenvalue weighted by molar-refractivity contribution is -0.138. The molecule has 1 atom stereocenters. The van der Waals surface area contributed by atoms with Crippen LogP contribution < -0.4 is 5.73 Å². The zero-order valence-electron chi connectivity index (χ0n) is 7.97. The van der Waals surface area contributed by atoms with Gasteiger partial charge >= 0.3 is 5.97 Å². The monoisotopic (exact) mass is 195 g/mol. The molecule has 2 rings (SSSR count). The van der Waals surface area contributed by atoms with E-state index in [9.17, 15) is 4.79 Å². The SMILES string of the molecule is Cn1ncc(C(N)C(=O)O)c1C1CC1. The second kappa shape index (κ2) is 3.09. The number of hydrogen-bond donors (Lipinski definition) is 2. The van der Waals surface area contributed by atoms with Crippen molar-refractivity contribution in [3.05, 3.63) is 17.5 Å². The molecule has 5 heteroatoms. The number of aryl methyl sites for hydroxylation is 1. The summed E-state index contributed by atoms with van der Waals surface area (Å²) >= 11 is 0. The summed E-state index contributed by atoms with van der Waals surface area (Å²) in [5, 5.41) is 12.9. The van der Waals surface area contributed by atoms with E-state index in [4.69, 9.17) is 10.8 Å². The average Bonchev–Trinajstić information content (AvgIpc) is 2.89. The zero-order chi connectivity index (χ0) is 10.3. The van der Waals surface area contributed by atoms with Gasteiger partial charge in [0.15, 0.2) is 0 Å². The molecule has 0 aliphatic heterocycles. The van der Waals surface area contributed by atoms with Gasteiger partial charge in [0.2, 0.25) is 0 Å². The molecule has 0 spiro atoms. The second-order valence-corrected chi connectivity index (χ2v) is 3.70. The van der Waals surface area contributed by atoms with E-state index < -0.39 is 12.0 Å². The Morgan fingerprint density at radius 1 is 1.79 bits per heavy atom. The van der Waals surface area contributed by atoms with Crippen molar-refractivity contribution in [2.75, 3.05) is 0 Å². The number of carbonyl (C=O) groups is 1. The van der Waals surface area contributed by atoms with Gasteiger partial charge in [0.05, 0.1) is 6.20 Å². The molecule has 1 fully saturated rings. The molecule has 1 heterocycles. The van der Waals surface area contributed by atoms with Crippen LogP contribution in [0.15, 0.2) is 6.20 Å². The van der Waals surface area contributed by atoms with Crippen LogP contribution in [0.4, 0.5) is 0 Å². The highest BCUT2D eigenvalue weighted by molar-refractivity contribution is 5.75. The van der Waals surface area contributed by atoms with Crippen LogP contribution in [0.5, 0.6) is 0 Å². The molecule has 76 valence electrons. The van der Waals surface area contributed by atoms with Gasteiger partial charge in [-0.1, -0.05) is 0 Å². The molecule has 1 saturated carbocycles. The minimum Gasteiger partial charge on any atom is -0.480 e. The molecule has 1 aliphatic carbocycles. The Bertz CT molecular complexity index is 368. The zero-order valence-corrected chi connectivity index (χ0v) is 7.97. The lowest BCUT2D eigenvalue weighted by Gasteiger charge is -2.07. The summed E-state index contributed by atoms with van der Waals surface area (Å²) in [5.74, 6) is -0.539. The van der Waals surface area contributed by atoms with Crippen molar-refractivity contribution < 1.29 is 9.90 Å². The Labute approximate surface area is 81.5 Å². The Kier molecular flexibility index (Phi) is 2.03. The fourth-order valence-electron chi connectivity index (χ4n) is 1.69. The number of rotatable bonds is 3. The molecule has 0 radical (unpaired) electrons. The van der Waals surface area contributed by atoms with Crippen molar-refractivity contribution in [2.45, 2.75) is 24.8 Å². The first kappa shape index (κ1) is 9.21. The first-order chi connectivity index (χ1) is 6.61. The smallest absolute Gasteiger partial charge is 0.325 e. The van der Waals surface area contributed by atoms with Gasteiger partial charge in [0.1, 0.15) is 6.04 Å². The van der Waals surface area contributed by atoms with Gasteiger partial charge in [-0.3, -0.25) is 9.48 Å². The van der Waals surface area contributed by atoms with Crippen molar-refractivity contribution in [2.24, 2.45) is 12.8 Å². The normalized spacial score (nSPS) is 18.1. The maximum Gasteiger partial charge on any atom is 0.325 e. The number of carboxylic acid groups (broad SMARTS) is 1. The van der Waals surface area contributed by atoms with Crippen molar-refractivity contribution in [3.63, 3.8) is 0 Å². The number of carboxylic acids is 1. The summed E-state index contributed by atoms with van der Waals surface area (Å²) in [5.41, 5.74) is 7.21. The Balaban J connectivity index is 2.37. The second-order valence-electron chi connectivity index (χ2n) is 3.70.